The monoisotopic (exact) mass is 504 g/mol. The highest BCUT2D eigenvalue weighted by molar-refractivity contribution is 9.10. The van der Waals surface area contributed by atoms with Crippen LogP contribution in [0.15, 0.2) is 76.9 Å². The van der Waals surface area contributed by atoms with Crippen molar-refractivity contribution in [2.24, 2.45) is 11.7 Å². The first-order valence-electron chi connectivity index (χ1n) is 10.8. The van der Waals surface area contributed by atoms with Crippen molar-refractivity contribution in [1.82, 2.24) is 15.3 Å². The lowest BCUT2D eigenvalue weighted by atomic mass is 9.97. The van der Waals surface area contributed by atoms with Crippen LogP contribution in [0.4, 0.5) is 4.39 Å². The van der Waals surface area contributed by atoms with Crippen molar-refractivity contribution in [2.75, 3.05) is 13.1 Å². The summed E-state index contributed by atoms with van der Waals surface area (Å²) in [5.41, 5.74) is 9.57. The number of hydrogen-bond acceptors (Lipinski definition) is 3. The molecule has 166 valence electrons. The number of nitrogens with zero attached hydrogens (tertiary/aromatic N) is 1. The number of fused-ring (bicyclic) bond motifs is 2. The molecule has 2 aromatic carbocycles. The molecule has 7 heteroatoms. The van der Waals surface area contributed by atoms with Crippen molar-refractivity contribution in [3.05, 3.63) is 88.3 Å². The maximum Gasteiger partial charge on any atom is 0.252 e. The Bertz CT molecular complexity index is 1440. The Morgan fingerprint density at radius 1 is 1.24 bits per heavy atom. The SMILES string of the molecule is NCC1C=CC(CNC(=O)c2cc(-c3c[nH]c4ccc(Br)cc34)nc3c(F)cccc23)=CC1. The average Bonchev–Trinajstić information content (AvgIpc) is 3.25. The average molecular weight is 505 g/mol. The van der Waals surface area contributed by atoms with Crippen molar-refractivity contribution in [1.29, 1.82) is 0 Å². The Hall–Kier alpha value is -3.29. The summed E-state index contributed by atoms with van der Waals surface area (Å²) in [6.45, 7) is 0.996. The minimum Gasteiger partial charge on any atom is -0.360 e. The number of H-pyrrole nitrogens is 1. The lowest BCUT2D eigenvalue weighted by Gasteiger charge is -2.15. The largest absolute Gasteiger partial charge is 0.360 e. The number of benzene rings is 2. The number of aromatic amines is 1. The van der Waals surface area contributed by atoms with Gasteiger partial charge >= 0.3 is 0 Å². The first kappa shape index (κ1) is 21.6. The van der Waals surface area contributed by atoms with Gasteiger partial charge in [0.15, 0.2) is 0 Å². The van der Waals surface area contributed by atoms with E-state index in [9.17, 15) is 9.18 Å². The smallest absolute Gasteiger partial charge is 0.252 e. The van der Waals surface area contributed by atoms with Crippen LogP contribution in [-0.4, -0.2) is 29.0 Å². The number of carbonyl (C=O) groups is 1. The molecule has 2 heterocycles. The zero-order chi connectivity index (χ0) is 22.9. The Morgan fingerprint density at radius 3 is 2.91 bits per heavy atom. The number of carbonyl (C=O) groups excluding carboxylic acids is 1. The highest BCUT2D eigenvalue weighted by atomic mass is 79.9. The van der Waals surface area contributed by atoms with Crippen LogP contribution < -0.4 is 11.1 Å². The molecule has 0 fully saturated rings. The highest BCUT2D eigenvalue weighted by Crippen LogP contribution is 2.32. The molecule has 0 spiro atoms. The van der Waals surface area contributed by atoms with Gasteiger partial charge in [-0.05, 0) is 54.8 Å². The van der Waals surface area contributed by atoms with Crippen LogP contribution in [0.2, 0.25) is 0 Å². The second-order valence-electron chi connectivity index (χ2n) is 8.14. The minimum atomic E-state index is -0.463. The molecule has 5 rings (SSSR count). The Kier molecular flexibility index (Phi) is 5.83. The van der Waals surface area contributed by atoms with E-state index in [1.165, 1.54) is 6.07 Å². The van der Waals surface area contributed by atoms with E-state index in [0.717, 1.165) is 32.9 Å². The molecule has 1 unspecified atom stereocenters. The van der Waals surface area contributed by atoms with E-state index in [2.05, 4.69) is 43.4 Å². The molecule has 0 bridgehead atoms. The van der Waals surface area contributed by atoms with Gasteiger partial charge in [-0.25, -0.2) is 9.37 Å². The predicted molar refractivity (Wildman–Crippen MR) is 133 cm³/mol. The fraction of sp³-hybridized carbons (Fsp3) is 0.154. The number of nitrogens with one attached hydrogen (secondary N) is 2. The summed E-state index contributed by atoms with van der Waals surface area (Å²) in [5, 5.41) is 4.39. The quantitative estimate of drug-likeness (QED) is 0.336. The van der Waals surface area contributed by atoms with Gasteiger partial charge in [-0.2, -0.15) is 0 Å². The fourth-order valence-electron chi connectivity index (χ4n) is 4.14. The number of rotatable bonds is 5. The summed E-state index contributed by atoms with van der Waals surface area (Å²) in [6, 6.07) is 12.3. The van der Waals surface area contributed by atoms with E-state index >= 15 is 0 Å². The summed E-state index contributed by atoms with van der Waals surface area (Å²) in [5.74, 6) is -0.393. The number of allylic oxidation sites excluding steroid dienone is 1. The predicted octanol–water partition coefficient (Wildman–Crippen LogP) is 5.48. The topological polar surface area (TPSA) is 83.8 Å². The molecule has 4 N–H and O–H groups in total. The summed E-state index contributed by atoms with van der Waals surface area (Å²) >= 11 is 3.50. The van der Waals surface area contributed by atoms with Gasteiger partial charge in [0.25, 0.3) is 5.91 Å². The Morgan fingerprint density at radius 2 is 2.12 bits per heavy atom. The number of pyridine rings is 1. The molecule has 0 aliphatic heterocycles. The lowest BCUT2D eigenvalue weighted by molar-refractivity contribution is 0.0959. The summed E-state index contributed by atoms with van der Waals surface area (Å²) in [4.78, 5) is 21.0. The molecule has 0 saturated heterocycles. The first-order chi connectivity index (χ1) is 16.0. The van der Waals surface area contributed by atoms with Gasteiger partial charge in [-0.15, -0.1) is 0 Å². The molecular weight excluding hydrogens is 483 g/mol. The van der Waals surface area contributed by atoms with E-state index in [1.807, 2.05) is 30.5 Å². The Labute approximate surface area is 198 Å². The van der Waals surface area contributed by atoms with E-state index in [1.54, 1.807) is 18.2 Å². The molecule has 0 saturated carbocycles. The molecule has 4 aromatic rings. The molecule has 33 heavy (non-hydrogen) atoms. The number of amides is 1. The molecule has 1 aliphatic rings. The van der Waals surface area contributed by atoms with Crippen LogP contribution in [0.3, 0.4) is 0 Å². The van der Waals surface area contributed by atoms with Crippen LogP contribution >= 0.6 is 15.9 Å². The second kappa shape index (κ2) is 8.92. The second-order valence-corrected chi connectivity index (χ2v) is 9.05. The van der Waals surface area contributed by atoms with Crippen molar-refractivity contribution in [3.8, 4) is 11.3 Å². The van der Waals surface area contributed by atoms with Crippen LogP contribution in [0, 0.1) is 11.7 Å². The van der Waals surface area contributed by atoms with E-state index < -0.39 is 5.82 Å². The number of para-hydroxylation sites is 1. The van der Waals surface area contributed by atoms with Gasteiger partial charge < -0.3 is 16.0 Å². The third-order valence-electron chi connectivity index (χ3n) is 5.98. The third kappa shape index (κ3) is 4.21. The first-order valence-corrected chi connectivity index (χ1v) is 11.5. The fourth-order valence-corrected chi connectivity index (χ4v) is 4.50. The zero-order valence-corrected chi connectivity index (χ0v) is 19.3. The van der Waals surface area contributed by atoms with Crippen LogP contribution in [0.25, 0.3) is 33.1 Å². The number of aromatic nitrogens is 2. The van der Waals surface area contributed by atoms with Gasteiger partial charge in [0.05, 0.1) is 11.3 Å². The summed E-state index contributed by atoms with van der Waals surface area (Å²) < 4.78 is 15.7. The summed E-state index contributed by atoms with van der Waals surface area (Å²) in [6.07, 6.45) is 8.87. The van der Waals surface area contributed by atoms with Crippen LogP contribution in [0.1, 0.15) is 16.8 Å². The molecule has 0 radical (unpaired) electrons. The Balaban J connectivity index is 1.53. The van der Waals surface area contributed by atoms with Gasteiger partial charge in [-0.3, -0.25) is 4.79 Å². The number of halogens is 2. The lowest BCUT2D eigenvalue weighted by Crippen LogP contribution is -2.26. The molecule has 2 aromatic heterocycles. The maximum absolute atomic E-state index is 14.7. The standard InChI is InChI=1S/C26H22BrFN4O/c27-17-8-9-23-19(10-17)21(14-30-23)24-11-20(18-2-1-3-22(28)25(18)32-24)26(33)31-13-16-6-4-15(12-29)5-7-16/h1-4,6-11,14-15,30H,5,12-13,29H2,(H,31,33). The molecule has 5 nitrogen and oxygen atoms in total. The highest BCUT2D eigenvalue weighted by Gasteiger charge is 2.18. The zero-order valence-electron chi connectivity index (χ0n) is 17.7. The van der Waals surface area contributed by atoms with Crippen molar-refractivity contribution < 1.29 is 9.18 Å². The number of nitrogens with two attached hydrogens (primary N) is 1. The molecule has 1 aliphatic carbocycles. The van der Waals surface area contributed by atoms with Crippen molar-refractivity contribution >= 4 is 43.6 Å². The minimum absolute atomic E-state index is 0.173. The van der Waals surface area contributed by atoms with Crippen LogP contribution in [0.5, 0.6) is 0 Å². The van der Waals surface area contributed by atoms with Crippen molar-refractivity contribution in [2.45, 2.75) is 6.42 Å². The van der Waals surface area contributed by atoms with Crippen molar-refractivity contribution in [3.63, 3.8) is 0 Å². The normalized spacial score (nSPS) is 15.7. The van der Waals surface area contributed by atoms with Gasteiger partial charge in [-0.1, -0.05) is 46.3 Å². The molecular formula is C26H22BrFN4O. The van der Waals surface area contributed by atoms with Gasteiger partial charge in [0.2, 0.25) is 0 Å². The third-order valence-corrected chi connectivity index (χ3v) is 6.47. The van der Waals surface area contributed by atoms with Gasteiger partial charge in [0.1, 0.15) is 11.3 Å². The summed E-state index contributed by atoms with van der Waals surface area (Å²) in [7, 11) is 0. The molecule has 1 atom stereocenters. The van der Waals surface area contributed by atoms with Crippen LogP contribution in [-0.2, 0) is 0 Å². The number of hydrogen-bond donors (Lipinski definition) is 3. The van der Waals surface area contributed by atoms with Gasteiger partial charge in [0, 0.05) is 39.1 Å². The van der Waals surface area contributed by atoms with E-state index in [-0.39, 0.29) is 11.4 Å². The molecule has 1 amide bonds. The van der Waals surface area contributed by atoms with E-state index in [4.69, 9.17) is 5.73 Å². The van der Waals surface area contributed by atoms with E-state index in [0.29, 0.717) is 35.7 Å². The maximum atomic E-state index is 14.7.